The molecule has 0 spiro atoms. The lowest BCUT2D eigenvalue weighted by Gasteiger charge is -2.23. The Morgan fingerprint density at radius 2 is 1.87 bits per heavy atom. The van der Waals surface area contributed by atoms with Gasteiger partial charge in [-0.2, -0.15) is 13.2 Å². The molecule has 0 bridgehead atoms. The smallest absolute Gasteiger partial charge is 0.417 e. The average Bonchev–Trinajstić information content (AvgIpc) is 2.63. The van der Waals surface area contributed by atoms with Crippen LogP contribution in [0.2, 0.25) is 5.02 Å². The Morgan fingerprint density at radius 3 is 2.45 bits per heavy atom. The number of amides is 1. The van der Waals surface area contributed by atoms with E-state index in [1.165, 1.54) is 0 Å². The molecule has 1 N–H and O–H groups in total. The first-order valence-electron chi connectivity index (χ1n) is 9.14. The van der Waals surface area contributed by atoms with E-state index in [0.29, 0.717) is 21.7 Å². The number of rotatable bonds is 8. The predicted octanol–water partition coefficient (Wildman–Crippen LogP) is 4.23. The molecule has 0 aliphatic heterocycles. The predicted molar refractivity (Wildman–Crippen MR) is 113 cm³/mol. The van der Waals surface area contributed by atoms with Crippen LogP contribution >= 0.6 is 11.6 Å². The number of hydrogen-bond donors (Lipinski definition) is 1. The zero-order chi connectivity index (χ0) is 23.4. The van der Waals surface area contributed by atoms with E-state index in [1.807, 2.05) is 13.8 Å². The van der Waals surface area contributed by atoms with Gasteiger partial charge in [-0.15, -0.1) is 0 Å². The molecule has 0 radical (unpaired) electrons. The summed E-state index contributed by atoms with van der Waals surface area (Å²) in [6.45, 7) is 3.13. The number of anilines is 1. The Balaban J connectivity index is 2.17. The molecule has 0 unspecified atom stereocenters. The largest absolute Gasteiger partial charge is 0.491 e. The highest BCUT2D eigenvalue weighted by molar-refractivity contribution is 7.92. The molecule has 0 fully saturated rings. The molecule has 2 rings (SSSR count). The van der Waals surface area contributed by atoms with Crippen molar-refractivity contribution < 1.29 is 31.1 Å². The van der Waals surface area contributed by atoms with Crippen molar-refractivity contribution in [2.75, 3.05) is 17.1 Å². The maximum absolute atomic E-state index is 13.1. The summed E-state index contributed by atoms with van der Waals surface area (Å²) in [5, 5.41) is 1.99. The number of sulfonamides is 1. The molecule has 1 amide bonds. The normalized spacial score (nSPS) is 12.0. The van der Waals surface area contributed by atoms with Gasteiger partial charge in [-0.3, -0.25) is 9.10 Å². The van der Waals surface area contributed by atoms with Crippen LogP contribution < -0.4 is 14.4 Å². The first-order valence-corrected chi connectivity index (χ1v) is 11.4. The van der Waals surface area contributed by atoms with Crippen LogP contribution in [0.3, 0.4) is 0 Å². The van der Waals surface area contributed by atoms with Crippen LogP contribution in [0.15, 0.2) is 42.5 Å². The highest BCUT2D eigenvalue weighted by Gasteiger charge is 2.34. The molecule has 0 heterocycles. The summed E-state index contributed by atoms with van der Waals surface area (Å²) < 4.78 is 69.9. The lowest BCUT2D eigenvalue weighted by molar-refractivity contribution is -0.137. The quantitative estimate of drug-likeness (QED) is 0.616. The summed E-state index contributed by atoms with van der Waals surface area (Å²) >= 11 is 5.59. The van der Waals surface area contributed by atoms with Crippen LogP contribution in [-0.2, 0) is 27.5 Å². The Kier molecular flexibility index (Phi) is 7.82. The van der Waals surface area contributed by atoms with Gasteiger partial charge in [0, 0.05) is 6.54 Å². The third kappa shape index (κ3) is 7.32. The Bertz CT molecular complexity index is 1040. The van der Waals surface area contributed by atoms with Gasteiger partial charge >= 0.3 is 6.18 Å². The van der Waals surface area contributed by atoms with Gasteiger partial charge in [-0.05, 0) is 49.7 Å². The van der Waals surface area contributed by atoms with Crippen molar-refractivity contribution in [2.45, 2.75) is 32.7 Å². The van der Waals surface area contributed by atoms with E-state index in [4.69, 9.17) is 16.3 Å². The lowest BCUT2D eigenvalue weighted by atomic mass is 10.2. The van der Waals surface area contributed by atoms with E-state index >= 15 is 0 Å². The zero-order valence-corrected chi connectivity index (χ0v) is 18.6. The molecule has 11 heteroatoms. The van der Waals surface area contributed by atoms with Crippen LogP contribution in [0.25, 0.3) is 0 Å². The summed E-state index contributed by atoms with van der Waals surface area (Å²) in [6.07, 6.45) is -4.01. The van der Waals surface area contributed by atoms with Gasteiger partial charge in [0.1, 0.15) is 12.3 Å². The minimum Gasteiger partial charge on any atom is -0.491 e. The fraction of sp³-hybridized carbons (Fsp3) is 0.350. The van der Waals surface area contributed by atoms with Crippen molar-refractivity contribution in [2.24, 2.45) is 0 Å². The number of carbonyl (C=O) groups is 1. The fourth-order valence-corrected chi connectivity index (χ4v) is 3.75. The van der Waals surface area contributed by atoms with Gasteiger partial charge in [-0.1, -0.05) is 23.7 Å². The monoisotopic (exact) mass is 478 g/mol. The summed E-state index contributed by atoms with van der Waals surface area (Å²) in [6, 6.07) is 9.63. The molecule has 2 aromatic carbocycles. The second kappa shape index (κ2) is 9.78. The van der Waals surface area contributed by atoms with Crippen molar-refractivity contribution in [1.82, 2.24) is 5.32 Å². The summed E-state index contributed by atoms with van der Waals surface area (Å²) in [7, 11) is -4.05. The van der Waals surface area contributed by atoms with Crippen molar-refractivity contribution in [3.63, 3.8) is 0 Å². The first kappa shape index (κ1) is 24.8. The SMILES string of the molecule is CC(C)Oc1cccc(CNC(=O)CN(c2ccc(Cl)c(C(F)(F)F)c2)S(C)(=O)=O)c1. The standard InChI is InChI=1S/C20H22ClF3N2O4S/c1-13(2)30-16-6-4-5-14(9-16)11-25-19(27)12-26(31(3,28)29)15-7-8-18(21)17(10-15)20(22,23)24/h4-10,13H,11-12H2,1-3H3,(H,25,27). The number of carbonyl (C=O) groups excluding carboxylic acids is 1. The molecular weight excluding hydrogens is 457 g/mol. The molecule has 0 atom stereocenters. The van der Waals surface area contributed by atoms with Crippen LogP contribution in [-0.4, -0.2) is 33.2 Å². The third-order valence-electron chi connectivity index (χ3n) is 3.99. The molecular formula is C20H22ClF3N2O4S. The maximum atomic E-state index is 13.1. The van der Waals surface area contributed by atoms with Crippen LogP contribution in [0, 0.1) is 0 Å². The number of nitrogens with zero attached hydrogens (tertiary/aromatic N) is 1. The van der Waals surface area contributed by atoms with Gasteiger partial charge in [0.25, 0.3) is 0 Å². The number of ether oxygens (including phenoxy) is 1. The van der Waals surface area contributed by atoms with Crippen LogP contribution in [0.4, 0.5) is 18.9 Å². The van der Waals surface area contributed by atoms with Crippen molar-refractivity contribution in [3.8, 4) is 5.75 Å². The molecule has 0 saturated heterocycles. The first-order chi connectivity index (χ1) is 14.3. The Morgan fingerprint density at radius 1 is 1.19 bits per heavy atom. The highest BCUT2D eigenvalue weighted by atomic mass is 35.5. The van der Waals surface area contributed by atoms with Gasteiger partial charge in [0.05, 0.1) is 28.6 Å². The number of alkyl halides is 3. The summed E-state index contributed by atoms with van der Waals surface area (Å²) in [5.74, 6) is -0.0792. The topological polar surface area (TPSA) is 75.7 Å². The lowest BCUT2D eigenvalue weighted by Crippen LogP contribution is -2.40. The third-order valence-corrected chi connectivity index (χ3v) is 5.46. The maximum Gasteiger partial charge on any atom is 0.417 e. The van der Waals surface area contributed by atoms with Gasteiger partial charge < -0.3 is 10.1 Å². The van der Waals surface area contributed by atoms with Gasteiger partial charge in [0.2, 0.25) is 15.9 Å². The molecule has 0 aliphatic carbocycles. The molecule has 0 aliphatic rings. The highest BCUT2D eigenvalue weighted by Crippen LogP contribution is 2.37. The van der Waals surface area contributed by atoms with Crippen LogP contribution in [0.1, 0.15) is 25.0 Å². The minimum atomic E-state index is -4.78. The van der Waals surface area contributed by atoms with Crippen LogP contribution in [0.5, 0.6) is 5.75 Å². The summed E-state index contributed by atoms with van der Waals surface area (Å²) in [4.78, 5) is 12.4. The molecule has 0 saturated carbocycles. The molecule has 31 heavy (non-hydrogen) atoms. The Labute approximate surface area is 184 Å². The van der Waals surface area contributed by atoms with Gasteiger partial charge in [0.15, 0.2) is 0 Å². The number of hydrogen-bond acceptors (Lipinski definition) is 4. The summed E-state index contributed by atoms with van der Waals surface area (Å²) in [5.41, 5.74) is -0.798. The Hall–Kier alpha value is -2.46. The van der Waals surface area contributed by atoms with Crippen molar-refractivity contribution in [3.05, 3.63) is 58.6 Å². The van der Waals surface area contributed by atoms with Gasteiger partial charge in [-0.25, -0.2) is 8.42 Å². The van der Waals surface area contributed by atoms with E-state index in [0.717, 1.165) is 18.4 Å². The molecule has 0 aromatic heterocycles. The molecule has 170 valence electrons. The zero-order valence-electron chi connectivity index (χ0n) is 17.0. The number of benzene rings is 2. The van der Waals surface area contributed by atoms with Crippen molar-refractivity contribution >= 4 is 33.2 Å². The van der Waals surface area contributed by atoms with E-state index in [1.54, 1.807) is 24.3 Å². The second-order valence-electron chi connectivity index (χ2n) is 7.02. The van der Waals surface area contributed by atoms with Crippen molar-refractivity contribution in [1.29, 1.82) is 0 Å². The second-order valence-corrected chi connectivity index (χ2v) is 9.34. The molecule has 2 aromatic rings. The van der Waals surface area contributed by atoms with E-state index in [-0.39, 0.29) is 18.3 Å². The number of nitrogens with one attached hydrogen (secondary N) is 1. The molecule has 6 nitrogen and oxygen atoms in total. The minimum absolute atomic E-state index is 0.0332. The van der Waals surface area contributed by atoms with E-state index in [9.17, 15) is 26.4 Å². The number of halogens is 4. The van der Waals surface area contributed by atoms with E-state index in [2.05, 4.69) is 5.32 Å². The fourth-order valence-electron chi connectivity index (χ4n) is 2.67. The average molecular weight is 479 g/mol. The van der Waals surface area contributed by atoms with E-state index < -0.39 is 39.2 Å².